The first kappa shape index (κ1) is 24.0. The Morgan fingerprint density at radius 2 is 1.83 bits per heavy atom. The molecule has 1 heterocycles. The highest BCUT2D eigenvalue weighted by Gasteiger charge is 2.25. The number of methoxy groups -OCH3 is 2. The predicted molar refractivity (Wildman–Crippen MR) is 133 cm³/mol. The number of benzene rings is 3. The maximum absolute atomic E-state index is 12.2. The molecule has 0 amide bonds. The third kappa shape index (κ3) is 4.77. The minimum atomic E-state index is -4.23. The summed E-state index contributed by atoms with van der Waals surface area (Å²) in [4.78, 5) is 13.4. The molecule has 0 aliphatic heterocycles. The van der Waals surface area contributed by atoms with E-state index < -0.39 is 14.9 Å². The number of nitro benzene ring substituents is 1. The van der Waals surface area contributed by atoms with E-state index in [2.05, 4.69) is 10.3 Å². The van der Waals surface area contributed by atoms with Crippen LogP contribution in [0.1, 0.15) is 17.0 Å². The lowest BCUT2D eigenvalue weighted by atomic mass is 9.89. The summed E-state index contributed by atoms with van der Waals surface area (Å²) in [5.41, 5.74) is 2.48. The monoisotopic (exact) mass is 496 g/mol. The van der Waals surface area contributed by atoms with Crippen molar-refractivity contribution < 1.29 is 22.8 Å². The fourth-order valence-corrected chi connectivity index (χ4v) is 4.91. The second kappa shape index (κ2) is 9.65. The minimum Gasteiger partial charge on any atom is -0.493 e. The summed E-state index contributed by atoms with van der Waals surface area (Å²) in [6, 6.07) is 16.9. The predicted octanol–water partition coefficient (Wildman–Crippen LogP) is 3.98. The zero-order valence-corrected chi connectivity index (χ0v) is 19.8. The zero-order valence-electron chi connectivity index (χ0n) is 19.0. The molecule has 4 N–H and O–H groups in total. The number of nitrogens with one attached hydrogen (secondary N) is 2. The number of nitro groups is 1. The van der Waals surface area contributed by atoms with Crippen LogP contribution in [-0.2, 0) is 10.0 Å². The largest absolute Gasteiger partial charge is 0.493 e. The number of fused-ring (bicyclic) bond motifs is 1. The maximum Gasteiger partial charge on any atom is 0.270 e. The van der Waals surface area contributed by atoms with Crippen molar-refractivity contribution >= 4 is 32.3 Å². The van der Waals surface area contributed by atoms with E-state index in [9.17, 15) is 18.5 Å². The Morgan fingerprint density at radius 1 is 1.06 bits per heavy atom. The molecule has 11 heteroatoms. The van der Waals surface area contributed by atoms with E-state index >= 15 is 0 Å². The smallest absolute Gasteiger partial charge is 0.270 e. The third-order valence-electron chi connectivity index (χ3n) is 5.78. The molecule has 0 bridgehead atoms. The van der Waals surface area contributed by atoms with Crippen molar-refractivity contribution in [3.63, 3.8) is 0 Å². The molecular weight excluding hydrogens is 472 g/mol. The summed E-state index contributed by atoms with van der Waals surface area (Å²) in [6.07, 6.45) is 1.90. The molecule has 3 aromatic carbocycles. The molecule has 0 aliphatic rings. The molecule has 4 rings (SSSR count). The van der Waals surface area contributed by atoms with E-state index in [1.54, 1.807) is 20.3 Å². The van der Waals surface area contributed by atoms with Gasteiger partial charge in [0.25, 0.3) is 5.69 Å². The van der Waals surface area contributed by atoms with Crippen LogP contribution in [-0.4, -0.2) is 39.1 Å². The van der Waals surface area contributed by atoms with Crippen molar-refractivity contribution in [1.82, 2.24) is 4.98 Å². The highest BCUT2D eigenvalue weighted by Crippen LogP contribution is 2.40. The Balaban J connectivity index is 1.82. The number of H-pyrrole nitrogens is 1. The van der Waals surface area contributed by atoms with Crippen molar-refractivity contribution in [2.75, 3.05) is 26.1 Å². The number of hydrogen-bond acceptors (Lipinski definition) is 7. The van der Waals surface area contributed by atoms with Crippen molar-refractivity contribution in [1.29, 1.82) is 0 Å². The molecule has 1 unspecified atom stereocenters. The normalized spacial score (nSPS) is 12.3. The van der Waals surface area contributed by atoms with E-state index in [1.165, 1.54) is 12.1 Å². The number of nitrogens with zero attached hydrogens (tertiary/aromatic N) is 1. The van der Waals surface area contributed by atoms with Gasteiger partial charge in [-0.15, -0.1) is 0 Å². The fraction of sp³-hybridized carbons (Fsp3) is 0.167. The van der Waals surface area contributed by atoms with Crippen LogP contribution >= 0.6 is 0 Å². The fourth-order valence-electron chi connectivity index (χ4n) is 4.17. The molecule has 4 aromatic rings. The standard InChI is InChI=1S/C24H24N4O6S/c1-33-22-9-5-7-17(24(22)34-2)19(18-13-26-20-8-4-3-6-16(18)20)14-27-21-11-10-15(28(29)30)12-23(21)35(25,31)32/h3-13,19,26-27H,14H2,1-2H3,(H2,25,31,32). The van der Waals surface area contributed by atoms with Crippen LogP contribution in [0.4, 0.5) is 11.4 Å². The van der Waals surface area contributed by atoms with E-state index in [4.69, 9.17) is 14.6 Å². The van der Waals surface area contributed by atoms with Crippen molar-refractivity contribution in [3.8, 4) is 11.5 Å². The lowest BCUT2D eigenvalue weighted by Crippen LogP contribution is -2.19. The third-order valence-corrected chi connectivity index (χ3v) is 6.74. The quantitative estimate of drug-likeness (QED) is 0.234. The van der Waals surface area contributed by atoms with E-state index in [-0.39, 0.29) is 28.7 Å². The van der Waals surface area contributed by atoms with Gasteiger partial charge in [0.05, 0.1) is 24.8 Å². The molecule has 0 fully saturated rings. The van der Waals surface area contributed by atoms with Gasteiger partial charge in [0.2, 0.25) is 10.0 Å². The summed E-state index contributed by atoms with van der Waals surface area (Å²) >= 11 is 0. The van der Waals surface area contributed by atoms with Gasteiger partial charge < -0.3 is 19.8 Å². The second-order valence-corrected chi connectivity index (χ2v) is 9.32. The molecule has 0 saturated heterocycles. The molecule has 10 nitrogen and oxygen atoms in total. The van der Waals surface area contributed by atoms with Crippen LogP contribution in [0.5, 0.6) is 11.5 Å². The lowest BCUT2D eigenvalue weighted by molar-refractivity contribution is -0.385. The van der Waals surface area contributed by atoms with Crippen LogP contribution in [0, 0.1) is 10.1 Å². The van der Waals surface area contributed by atoms with Gasteiger partial charge in [-0.2, -0.15) is 0 Å². The highest BCUT2D eigenvalue weighted by molar-refractivity contribution is 7.89. The Morgan fingerprint density at radius 3 is 2.51 bits per heavy atom. The Labute approximate surface area is 201 Å². The van der Waals surface area contributed by atoms with Gasteiger partial charge in [0, 0.05) is 47.3 Å². The van der Waals surface area contributed by atoms with Crippen molar-refractivity contribution in [3.05, 3.63) is 88.1 Å². The number of non-ortho nitro benzene ring substituents is 1. The van der Waals surface area contributed by atoms with E-state index in [1.807, 2.05) is 42.6 Å². The van der Waals surface area contributed by atoms with Crippen LogP contribution in [0.2, 0.25) is 0 Å². The van der Waals surface area contributed by atoms with Crippen LogP contribution < -0.4 is 19.9 Å². The first-order valence-electron chi connectivity index (χ1n) is 10.6. The second-order valence-electron chi connectivity index (χ2n) is 7.79. The number of ether oxygens (including phenoxy) is 2. The van der Waals surface area contributed by atoms with Gasteiger partial charge >= 0.3 is 0 Å². The molecule has 0 radical (unpaired) electrons. The SMILES string of the molecule is COc1cccc(C(CNc2ccc([N+](=O)[O-])cc2S(N)(=O)=O)c2c[nH]c3ccccc23)c1OC. The van der Waals surface area contributed by atoms with Gasteiger partial charge in [-0.25, -0.2) is 13.6 Å². The maximum atomic E-state index is 12.2. The van der Waals surface area contributed by atoms with Crippen LogP contribution in [0.3, 0.4) is 0 Å². The number of hydrogen-bond donors (Lipinski definition) is 3. The van der Waals surface area contributed by atoms with Crippen LogP contribution in [0.25, 0.3) is 10.9 Å². The number of rotatable bonds is 9. The molecule has 0 saturated carbocycles. The molecule has 0 aliphatic carbocycles. The van der Waals surface area contributed by atoms with Gasteiger partial charge in [-0.3, -0.25) is 10.1 Å². The summed E-state index contributed by atoms with van der Waals surface area (Å²) in [5.74, 6) is 0.776. The number of para-hydroxylation sites is 2. The van der Waals surface area contributed by atoms with E-state index in [0.29, 0.717) is 11.5 Å². The number of nitrogens with two attached hydrogens (primary N) is 1. The summed E-state index contributed by atoms with van der Waals surface area (Å²) in [5, 5.41) is 20.7. The number of primary sulfonamides is 1. The van der Waals surface area contributed by atoms with Crippen molar-refractivity contribution in [2.45, 2.75) is 10.8 Å². The average molecular weight is 497 g/mol. The van der Waals surface area contributed by atoms with Gasteiger partial charge in [0.15, 0.2) is 11.5 Å². The number of aromatic nitrogens is 1. The van der Waals surface area contributed by atoms with Gasteiger partial charge in [-0.1, -0.05) is 30.3 Å². The lowest BCUT2D eigenvalue weighted by Gasteiger charge is -2.23. The molecule has 1 aromatic heterocycles. The Kier molecular flexibility index (Phi) is 6.63. The number of sulfonamides is 1. The topological polar surface area (TPSA) is 150 Å². The zero-order chi connectivity index (χ0) is 25.2. The van der Waals surface area contributed by atoms with Gasteiger partial charge in [0.1, 0.15) is 4.90 Å². The first-order chi connectivity index (χ1) is 16.7. The molecule has 182 valence electrons. The first-order valence-corrected chi connectivity index (χ1v) is 12.1. The van der Waals surface area contributed by atoms with Crippen LogP contribution in [0.15, 0.2) is 71.8 Å². The summed E-state index contributed by atoms with van der Waals surface area (Å²) in [6.45, 7) is 0.228. The minimum absolute atomic E-state index is 0.157. The Bertz CT molecular complexity index is 1500. The van der Waals surface area contributed by atoms with Crippen molar-refractivity contribution in [2.24, 2.45) is 5.14 Å². The average Bonchev–Trinajstić information content (AvgIpc) is 3.27. The highest BCUT2D eigenvalue weighted by atomic mass is 32.2. The number of anilines is 1. The molecular formula is C24H24N4O6S. The summed E-state index contributed by atoms with van der Waals surface area (Å²) in [7, 11) is -1.13. The molecule has 0 spiro atoms. The van der Waals surface area contributed by atoms with Gasteiger partial charge in [-0.05, 0) is 23.8 Å². The Hall–Kier alpha value is -4.09. The molecule has 35 heavy (non-hydrogen) atoms. The molecule has 1 atom stereocenters. The number of aromatic amines is 1. The van der Waals surface area contributed by atoms with E-state index in [0.717, 1.165) is 28.1 Å². The summed E-state index contributed by atoms with van der Waals surface area (Å²) < 4.78 is 35.6.